The van der Waals surface area contributed by atoms with E-state index in [1.54, 1.807) is 12.5 Å². The number of hydrogen-bond donors (Lipinski definition) is 1. The summed E-state index contributed by atoms with van der Waals surface area (Å²) >= 11 is 0. The zero-order chi connectivity index (χ0) is 20.3. The molecular weight excluding hydrogens is 376 g/mol. The van der Waals surface area contributed by atoms with Gasteiger partial charge in [-0.3, -0.25) is 0 Å². The van der Waals surface area contributed by atoms with Crippen molar-refractivity contribution in [1.82, 2.24) is 20.2 Å². The summed E-state index contributed by atoms with van der Waals surface area (Å²) in [6.07, 6.45) is 3.29. The lowest BCUT2D eigenvalue weighted by Gasteiger charge is -2.29. The van der Waals surface area contributed by atoms with Crippen LogP contribution in [0, 0.1) is 6.92 Å². The van der Waals surface area contributed by atoms with E-state index in [-0.39, 0.29) is 0 Å². The Bertz CT molecular complexity index is 1190. The summed E-state index contributed by atoms with van der Waals surface area (Å²) in [4.78, 5) is 11.2. The maximum atomic E-state index is 5.48. The van der Waals surface area contributed by atoms with Crippen LogP contribution in [0.3, 0.4) is 0 Å². The van der Waals surface area contributed by atoms with E-state index in [4.69, 9.17) is 4.74 Å². The van der Waals surface area contributed by atoms with Crippen LogP contribution in [-0.4, -0.2) is 46.5 Å². The Hall–Kier alpha value is -3.58. The van der Waals surface area contributed by atoms with Crippen molar-refractivity contribution in [2.75, 3.05) is 36.5 Å². The topological polar surface area (TPSA) is 76.1 Å². The Kier molecular flexibility index (Phi) is 4.94. The largest absolute Gasteiger partial charge is 0.378 e. The van der Waals surface area contributed by atoms with Crippen LogP contribution in [0.15, 0.2) is 61.1 Å². The molecule has 0 bridgehead atoms. The Balaban J connectivity index is 1.51. The van der Waals surface area contributed by atoms with Crippen molar-refractivity contribution in [3.8, 4) is 11.1 Å². The fraction of sp³-hybridized carbons (Fsp3) is 0.217. The number of morpholine rings is 1. The fourth-order valence-electron chi connectivity index (χ4n) is 3.69. The first-order valence-corrected chi connectivity index (χ1v) is 10.0. The van der Waals surface area contributed by atoms with Gasteiger partial charge in [0, 0.05) is 24.2 Å². The van der Waals surface area contributed by atoms with Gasteiger partial charge >= 0.3 is 0 Å². The van der Waals surface area contributed by atoms with E-state index in [2.05, 4.69) is 66.8 Å². The molecule has 1 saturated heterocycles. The van der Waals surface area contributed by atoms with E-state index >= 15 is 0 Å². The minimum atomic E-state index is 0.662. The van der Waals surface area contributed by atoms with E-state index in [0.717, 1.165) is 53.9 Å². The molecule has 5 rings (SSSR count). The quantitative estimate of drug-likeness (QED) is 0.557. The lowest BCUT2D eigenvalue weighted by molar-refractivity contribution is 0.122. The predicted molar refractivity (Wildman–Crippen MR) is 118 cm³/mol. The minimum Gasteiger partial charge on any atom is -0.378 e. The second-order valence-corrected chi connectivity index (χ2v) is 7.35. The summed E-state index contributed by atoms with van der Waals surface area (Å²) in [7, 11) is 0. The van der Waals surface area contributed by atoms with Gasteiger partial charge in [0.2, 0.25) is 0 Å². The molecule has 1 fully saturated rings. The number of aryl methyl sites for hydroxylation is 1. The molecule has 2 aromatic heterocycles. The number of ether oxygens (including phenoxy) is 1. The summed E-state index contributed by atoms with van der Waals surface area (Å²) < 4.78 is 5.48. The van der Waals surface area contributed by atoms with Gasteiger partial charge in [0.15, 0.2) is 5.82 Å². The smallest absolute Gasteiger partial charge is 0.154 e. The van der Waals surface area contributed by atoms with Gasteiger partial charge in [-0.15, -0.1) is 5.10 Å². The molecule has 0 spiro atoms. The number of nitrogens with zero attached hydrogens (tertiary/aromatic N) is 5. The lowest BCUT2D eigenvalue weighted by atomic mass is 10.0. The predicted octanol–water partition coefficient (Wildman–Crippen LogP) is 3.98. The number of nitrogens with one attached hydrogen (secondary N) is 1. The van der Waals surface area contributed by atoms with Crippen molar-refractivity contribution in [2.24, 2.45) is 0 Å². The molecule has 0 unspecified atom stereocenters. The van der Waals surface area contributed by atoms with Crippen LogP contribution in [-0.2, 0) is 4.74 Å². The van der Waals surface area contributed by atoms with Crippen LogP contribution >= 0.6 is 0 Å². The third kappa shape index (κ3) is 3.79. The average molecular weight is 398 g/mol. The van der Waals surface area contributed by atoms with Crippen LogP contribution in [0.4, 0.5) is 17.3 Å². The highest BCUT2D eigenvalue weighted by molar-refractivity contribution is 5.93. The van der Waals surface area contributed by atoms with Gasteiger partial charge in [0.25, 0.3) is 0 Å². The normalized spacial score (nSPS) is 14.1. The van der Waals surface area contributed by atoms with Crippen LogP contribution in [0.2, 0.25) is 0 Å². The van der Waals surface area contributed by atoms with Gasteiger partial charge in [-0.05, 0) is 53.9 Å². The third-order valence-electron chi connectivity index (χ3n) is 5.23. The summed E-state index contributed by atoms with van der Waals surface area (Å²) in [5.74, 6) is 1.38. The molecule has 0 amide bonds. The van der Waals surface area contributed by atoms with Crippen LogP contribution in [0.25, 0.3) is 22.0 Å². The van der Waals surface area contributed by atoms with E-state index in [0.29, 0.717) is 11.6 Å². The van der Waals surface area contributed by atoms with Crippen molar-refractivity contribution in [2.45, 2.75) is 6.92 Å². The monoisotopic (exact) mass is 398 g/mol. The highest BCUT2D eigenvalue weighted by atomic mass is 16.5. The molecule has 4 aromatic rings. The molecule has 1 aliphatic rings. The van der Waals surface area contributed by atoms with Gasteiger partial charge in [-0.2, -0.15) is 5.10 Å². The molecule has 0 aliphatic carbocycles. The molecule has 0 atom stereocenters. The van der Waals surface area contributed by atoms with E-state index in [1.165, 1.54) is 5.69 Å². The van der Waals surface area contributed by atoms with Crippen LogP contribution in [0.5, 0.6) is 0 Å². The maximum absolute atomic E-state index is 5.48. The SMILES string of the molecule is Cc1cnnc(Nc2ncnc3ccc(-c4cccc(N5CCOCC5)c4)cc23)c1. The zero-order valence-electron chi connectivity index (χ0n) is 16.7. The van der Waals surface area contributed by atoms with Crippen molar-refractivity contribution >= 4 is 28.2 Å². The van der Waals surface area contributed by atoms with E-state index in [1.807, 2.05) is 19.1 Å². The van der Waals surface area contributed by atoms with Gasteiger partial charge in [-0.1, -0.05) is 18.2 Å². The Morgan fingerprint density at radius 2 is 1.83 bits per heavy atom. The van der Waals surface area contributed by atoms with Gasteiger partial charge in [-0.25, -0.2) is 9.97 Å². The number of rotatable bonds is 4. The molecular formula is C23H22N6O. The standard InChI is InChI=1S/C23H22N6O/c1-16-11-22(28-26-14-16)27-23-20-13-18(5-6-21(20)24-15-25-23)17-3-2-4-19(12-17)29-7-9-30-10-8-29/h2-6,11-15H,7-10H2,1H3,(H,24,25,27,28). The fourth-order valence-corrected chi connectivity index (χ4v) is 3.69. The molecule has 150 valence electrons. The number of fused-ring (bicyclic) bond motifs is 1. The van der Waals surface area contributed by atoms with E-state index in [9.17, 15) is 0 Å². The summed E-state index contributed by atoms with van der Waals surface area (Å²) in [5, 5.41) is 12.4. The average Bonchev–Trinajstić information content (AvgIpc) is 2.80. The molecule has 0 radical (unpaired) electrons. The van der Waals surface area contributed by atoms with Crippen molar-refractivity contribution in [1.29, 1.82) is 0 Å². The zero-order valence-corrected chi connectivity index (χ0v) is 16.7. The van der Waals surface area contributed by atoms with Crippen LogP contribution in [0.1, 0.15) is 5.56 Å². The second kappa shape index (κ2) is 8.04. The third-order valence-corrected chi connectivity index (χ3v) is 5.23. The minimum absolute atomic E-state index is 0.662. The molecule has 7 nitrogen and oxygen atoms in total. The second-order valence-electron chi connectivity index (χ2n) is 7.35. The summed E-state index contributed by atoms with van der Waals surface area (Å²) in [5.41, 5.74) is 5.40. The summed E-state index contributed by atoms with van der Waals surface area (Å²) in [6.45, 7) is 5.36. The molecule has 7 heteroatoms. The molecule has 1 N–H and O–H groups in total. The molecule has 30 heavy (non-hydrogen) atoms. The molecule has 3 heterocycles. The Morgan fingerprint density at radius 3 is 2.70 bits per heavy atom. The molecule has 1 aliphatic heterocycles. The van der Waals surface area contributed by atoms with Crippen molar-refractivity contribution in [3.63, 3.8) is 0 Å². The van der Waals surface area contributed by atoms with Crippen molar-refractivity contribution in [3.05, 3.63) is 66.6 Å². The van der Waals surface area contributed by atoms with Gasteiger partial charge in [0.1, 0.15) is 12.1 Å². The first kappa shape index (κ1) is 18.4. The molecule has 0 saturated carbocycles. The first-order chi connectivity index (χ1) is 14.8. The first-order valence-electron chi connectivity index (χ1n) is 10.0. The number of benzene rings is 2. The number of anilines is 3. The maximum Gasteiger partial charge on any atom is 0.154 e. The van der Waals surface area contributed by atoms with Crippen LogP contribution < -0.4 is 10.2 Å². The highest BCUT2D eigenvalue weighted by Gasteiger charge is 2.13. The number of aromatic nitrogens is 4. The lowest BCUT2D eigenvalue weighted by Crippen LogP contribution is -2.36. The summed E-state index contributed by atoms with van der Waals surface area (Å²) in [6, 6.07) is 16.8. The van der Waals surface area contributed by atoms with Gasteiger partial charge in [0.05, 0.1) is 24.9 Å². The Morgan fingerprint density at radius 1 is 0.967 bits per heavy atom. The molecule has 2 aromatic carbocycles. The van der Waals surface area contributed by atoms with Crippen molar-refractivity contribution < 1.29 is 4.74 Å². The van der Waals surface area contributed by atoms with Gasteiger partial charge < -0.3 is 15.0 Å². The number of hydrogen-bond acceptors (Lipinski definition) is 7. The van der Waals surface area contributed by atoms with E-state index < -0.39 is 0 Å². The Labute approximate surface area is 174 Å². The highest BCUT2D eigenvalue weighted by Crippen LogP contribution is 2.30.